The minimum atomic E-state index is -0.271. The lowest BCUT2D eigenvalue weighted by atomic mass is 9.87. The number of aromatic nitrogens is 3. The number of anilines is 2. The zero-order chi connectivity index (χ0) is 24.5. The van der Waals surface area contributed by atoms with Gasteiger partial charge in [-0.2, -0.15) is 0 Å². The van der Waals surface area contributed by atoms with Crippen molar-refractivity contribution in [3.05, 3.63) is 66.0 Å². The van der Waals surface area contributed by atoms with Gasteiger partial charge in [0.1, 0.15) is 22.9 Å². The van der Waals surface area contributed by atoms with Crippen LogP contribution in [0.2, 0.25) is 0 Å². The van der Waals surface area contributed by atoms with E-state index in [1.807, 2.05) is 35.9 Å². The highest BCUT2D eigenvalue weighted by Gasteiger charge is 2.18. The maximum Gasteiger partial charge on any atom is 0.269 e. The molecule has 0 unspecified atom stereocenters. The average Bonchev–Trinajstić information content (AvgIpc) is 3.12. The average molecular weight is 460 g/mol. The number of nitrogens with one attached hydrogen (secondary N) is 2. The molecular weight excluding hydrogens is 430 g/mol. The van der Waals surface area contributed by atoms with Crippen molar-refractivity contribution in [2.45, 2.75) is 26.2 Å². The standard InChI is InChI=1S/C26H29N5O3/c1-26(2,3)16-7-10-23(33-6)20(13-16)30-25-29-19-14-17(8-9-22(19)31(25)5)34-18-11-12-28-21(15-18)24(32)27-4/h7-15H,1-6H3,(H,27,32)(H,29,30). The third-order valence-electron chi connectivity index (χ3n) is 5.59. The molecule has 4 rings (SSSR count). The molecule has 2 aromatic heterocycles. The predicted octanol–water partition coefficient (Wildman–Crippen LogP) is 5.17. The number of imidazole rings is 1. The number of pyridine rings is 1. The number of benzene rings is 2. The molecule has 2 N–H and O–H groups in total. The van der Waals surface area contributed by atoms with Crippen molar-refractivity contribution in [3.8, 4) is 17.2 Å². The summed E-state index contributed by atoms with van der Waals surface area (Å²) in [5.74, 6) is 2.28. The van der Waals surface area contributed by atoms with E-state index in [1.165, 1.54) is 5.56 Å². The fourth-order valence-corrected chi connectivity index (χ4v) is 3.61. The molecule has 0 aliphatic carbocycles. The van der Waals surface area contributed by atoms with Crippen LogP contribution in [0.4, 0.5) is 11.6 Å². The Morgan fingerprint density at radius 2 is 1.79 bits per heavy atom. The maximum atomic E-state index is 11.8. The van der Waals surface area contributed by atoms with E-state index in [4.69, 9.17) is 14.5 Å². The molecule has 0 fully saturated rings. The number of ether oxygens (including phenoxy) is 2. The molecule has 34 heavy (non-hydrogen) atoms. The first-order chi connectivity index (χ1) is 16.2. The lowest BCUT2D eigenvalue weighted by Crippen LogP contribution is -2.18. The summed E-state index contributed by atoms with van der Waals surface area (Å²) in [5.41, 5.74) is 4.06. The molecule has 8 heteroatoms. The van der Waals surface area contributed by atoms with Crippen molar-refractivity contribution in [2.75, 3.05) is 19.5 Å². The summed E-state index contributed by atoms with van der Waals surface area (Å²) in [6.07, 6.45) is 1.54. The lowest BCUT2D eigenvalue weighted by Gasteiger charge is -2.21. The van der Waals surface area contributed by atoms with Crippen molar-refractivity contribution in [3.63, 3.8) is 0 Å². The Morgan fingerprint density at radius 1 is 1.03 bits per heavy atom. The highest BCUT2D eigenvalue weighted by Crippen LogP contribution is 2.34. The number of hydrogen-bond acceptors (Lipinski definition) is 6. The molecule has 0 radical (unpaired) electrons. The third kappa shape index (κ3) is 4.66. The van der Waals surface area contributed by atoms with E-state index >= 15 is 0 Å². The summed E-state index contributed by atoms with van der Waals surface area (Å²) in [5, 5.41) is 5.98. The van der Waals surface area contributed by atoms with Gasteiger partial charge in [0.15, 0.2) is 0 Å². The minimum Gasteiger partial charge on any atom is -0.495 e. The van der Waals surface area contributed by atoms with Gasteiger partial charge in [-0.25, -0.2) is 4.98 Å². The van der Waals surface area contributed by atoms with Gasteiger partial charge in [-0.05, 0) is 41.3 Å². The van der Waals surface area contributed by atoms with Crippen LogP contribution in [0.15, 0.2) is 54.7 Å². The quantitative estimate of drug-likeness (QED) is 0.413. The molecule has 0 bridgehead atoms. The number of hydrogen-bond donors (Lipinski definition) is 2. The van der Waals surface area contributed by atoms with E-state index < -0.39 is 0 Å². The number of methoxy groups -OCH3 is 1. The Bertz CT molecular complexity index is 1350. The van der Waals surface area contributed by atoms with Gasteiger partial charge in [0.05, 0.1) is 23.8 Å². The SMILES string of the molecule is CNC(=O)c1cc(Oc2ccc3c(c2)nc(Nc2cc(C(C)(C)C)ccc2OC)n3C)ccn1. The van der Waals surface area contributed by atoms with E-state index in [0.717, 1.165) is 22.5 Å². The highest BCUT2D eigenvalue weighted by atomic mass is 16.5. The Hall–Kier alpha value is -4.07. The smallest absolute Gasteiger partial charge is 0.269 e. The monoisotopic (exact) mass is 459 g/mol. The Balaban J connectivity index is 1.64. The summed E-state index contributed by atoms with van der Waals surface area (Å²) < 4.78 is 13.5. The van der Waals surface area contributed by atoms with Gasteiger partial charge in [-0.3, -0.25) is 9.78 Å². The molecule has 1 amide bonds. The number of carbonyl (C=O) groups is 1. The summed E-state index contributed by atoms with van der Waals surface area (Å²) in [4.78, 5) is 20.7. The van der Waals surface area contributed by atoms with Crippen molar-refractivity contribution in [2.24, 2.45) is 7.05 Å². The van der Waals surface area contributed by atoms with E-state index in [9.17, 15) is 4.79 Å². The fourth-order valence-electron chi connectivity index (χ4n) is 3.61. The second-order valence-electron chi connectivity index (χ2n) is 8.99. The molecule has 2 heterocycles. The lowest BCUT2D eigenvalue weighted by molar-refractivity contribution is 0.0958. The van der Waals surface area contributed by atoms with Crippen LogP contribution in [0.5, 0.6) is 17.2 Å². The zero-order valence-electron chi connectivity index (χ0n) is 20.3. The van der Waals surface area contributed by atoms with Crippen molar-refractivity contribution in [1.29, 1.82) is 0 Å². The first kappa shape index (κ1) is 23.1. The van der Waals surface area contributed by atoms with E-state index in [2.05, 4.69) is 48.5 Å². The van der Waals surface area contributed by atoms with Crippen molar-refractivity contribution >= 4 is 28.6 Å². The third-order valence-corrected chi connectivity index (χ3v) is 5.59. The minimum absolute atomic E-state index is 0.00587. The Kier molecular flexibility index (Phi) is 6.15. The molecule has 2 aromatic carbocycles. The summed E-state index contributed by atoms with van der Waals surface area (Å²) in [6, 6.07) is 15.1. The topological polar surface area (TPSA) is 90.3 Å². The Morgan fingerprint density at radius 3 is 2.50 bits per heavy atom. The van der Waals surface area contributed by atoms with Crippen molar-refractivity contribution < 1.29 is 14.3 Å². The number of fused-ring (bicyclic) bond motifs is 1. The van der Waals surface area contributed by atoms with Crippen LogP contribution in [0.25, 0.3) is 11.0 Å². The molecule has 8 nitrogen and oxygen atoms in total. The normalized spacial score (nSPS) is 11.4. The molecule has 0 atom stereocenters. The van der Waals surface area contributed by atoms with Crippen LogP contribution in [0, 0.1) is 0 Å². The maximum absolute atomic E-state index is 11.8. The van der Waals surface area contributed by atoms with Crippen LogP contribution in [0.3, 0.4) is 0 Å². The number of carbonyl (C=O) groups excluding carboxylic acids is 1. The number of amides is 1. The summed E-state index contributed by atoms with van der Waals surface area (Å²) >= 11 is 0. The van der Waals surface area contributed by atoms with E-state index in [-0.39, 0.29) is 17.0 Å². The van der Waals surface area contributed by atoms with Crippen LogP contribution < -0.4 is 20.1 Å². The number of nitrogens with zero attached hydrogens (tertiary/aromatic N) is 3. The van der Waals surface area contributed by atoms with Crippen LogP contribution >= 0.6 is 0 Å². The molecule has 0 saturated carbocycles. The van der Waals surface area contributed by atoms with Crippen LogP contribution in [0.1, 0.15) is 36.8 Å². The molecule has 0 aliphatic heterocycles. The predicted molar refractivity (Wildman–Crippen MR) is 133 cm³/mol. The van der Waals surface area contributed by atoms with Crippen LogP contribution in [-0.2, 0) is 12.5 Å². The molecule has 176 valence electrons. The van der Waals surface area contributed by atoms with E-state index in [1.54, 1.807) is 32.5 Å². The largest absolute Gasteiger partial charge is 0.495 e. The molecule has 0 aliphatic rings. The van der Waals surface area contributed by atoms with Gasteiger partial charge in [-0.1, -0.05) is 26.8 Å². The van der Waals surface area contributed by atoms with E-state index in [0.29, 0.717) is 17.4 Å². The molecule has 0 saturated heterocycles. The fraction of sp³-hybridized carbons (Fsp3) is 0.269. The highest BCUT2D eigenvalue weighted by molar-refractivity contribution is 5.92. The second kappa shape index (κ2) is 9.05. The summed E-state index contributed by atoms with van der Waals surface area (Å²) in [6.45, 7) is 6.53. The number of rotatable bonds is 6. The van der Waals surface area contributed by atoms with Gasteiger partial charge in [0, 0.05) is 32.4 Å². The van der Waals surface area contributed by atoms with Gasteiger partial charge in [0.25, 0.3) is 5.91 Å². The summed E-state index contributed by atoms with van der Waals surface area (Å²) in [7, 11) is 5.17. The second-order valence-corrected chi connectivity index (χ2v) is 8.99. The van der Waals surface area contributed by atoms with Gasteiger partial charge in [0.2, 0.25) is 5.95 Å². The molecule has 4 aromatic rings. The molecule has 0 spiro atoms. The van der Waals surface area contributed by atoms with Gasteiger partial charge in [-0.15, -0.1) is 0 Å². The van der Waals surface area contributed by atoms with Gasteiger partial charge >= 0.3 is 0 Å². The van der Waals surface area contributed by atoms with Gasteiger partial charge < -0.3 is 24.7 Å². The first-order valence-corrected chi connectivity index (χ1v) is 11.0. The molecular formula is C26H29N5O3. The Labute approximate surface area is 198 Å². The van der Waals surface area contributed by atoms with Crippen LogP contribution in [-0.4, -0.2) is 34.6 Å². The zero-order valence-corrected chi connectivity index (χ0v) is 20.3. The number of aryl methyl sites for hydroxylation is 1. The van der Waals surface area contributed by atoms with Crippen molar-refractivity contribution in [1.82, 2.24) is 19.9 Å². The first-order valence-electron chi connectivity index (χ1n) is 11.0.